The highest BCUT2D eigenvalue weighted by atomic mass is 28.4. The fourth-order valence-corrected chi connectivity index (χ4v) is 6.44. The Bertz CT molecular complexity index is 132. The van der Waals surface area contributed by atoms with E-state index in [1.54, 1.807) is 0 Å². The van der Waals surface area contributed by atoms with Gasteiger partial charge in [-0.2, -0.15) is 0 Å². The van der Waals surface area contributed by atoms with Gasteiger partial charge in [-0.25, -0.2) is 0 Å². The van der Waals surface area contributed by atoms with Crippen molar-refractivity contribution >= 4 is 8.48 Å². The van der Waals surface area contributed by atoms with Gasteiger partial charge >= 0.3 is 0 Å². The summed E-state index contributed by atoms with van der Waals surface area (Å²) in [7, 11) is 0.389. The lowest BCUT2D eigenvalue weighted by molar-refractivity contribution is 0.311. The topological polar surface area (TPSA) is 21.3 Å². The van der Waals surface area contributed by atoms with Crippen LogP contribution in [0.3, 0.4) is 0 Å². The molecule has 3 heteroatoms. The molecular weight excluding hydrogens is 154 g/mol. The van der Waals surface area contributed by atoms with Crippen molar-refractivity contribution in [3.8, 4) is 0 Å². The lowest BCUT2D eigenvalue weighted by Gasteiger charge is -2.49. The third-order valence-electron chi connectivity index (χ3n) is 2.96. The summed E-state index contributed by atoms with van der Waals surface area (Å²) >= 11 is 0. The van der Waals surface area contributed by atoms with Crippen molar-refractivity contribution in [3.05, 3.63) is 0 Å². The lowest BCUT2D eigenvalue weighted by Crippen LogP contribution is -2.65. The molecule has 1 N–H and O–H groups in total. The molecule has 0 aromatic carbocycles. The highest BCUT2D eigenvalue weighted by Gasteiger charge is 2.54. The smallest absolute Gasteiger partial charge is 0.274 e. The van der Waals surface area contributed by atoms with Gasteiger partial charge < -0.3 is 9.41 Å². The Kier molecular flexibility index (Phi) is 2.73. The molecule has 1 aliphatic heterocycles. The quantitative estimate of drug-likeness (QED) is 0.658. The minimum Gasteiger partial charge on any atom is -0.406 e. The first-order chi connectivity index (χ1) is 5.17. The Balaban J connectivity index is 2.58. The van der Waals surface area contributed by atoms with E-state index in [9.17, 15) is 0 Å². The van der Waals surface area contributed by atoms with E-state index in [0.29, 0.717) is 0 Å². The second-order valence-corrected chi connectivity index (χ2v) is 7.88. The molecule has 0 aliphatic carbocycles. The van der Waals surface area contributed by atoms with Gasteiger partial charge in [-0.1, -0.05) is 20.8 Å². The van der Waals surface area contributed by atoms with Gasteiger partial charge in [-0.3, -0.25) is 0 Å². The van der Waals surface area contributed by atoms with Crippen LogP contribution in [0.25, 0.3) is 0 Å². The van der Waals surface area contributed by atoms with Crippen LogP contribution in [0.2, 0.25) is 11.1 Å². The Hall–Kier alpha value is 0.137. The van der Waals surface area contributed by atoms with Gasteiger partial charge in [0.15, 0.2) is 0 Å². The average Bonchev–Trinajstić information content (AvgIpc) is 2.00. The van der Waals surface area contributed by atoms with E-state index in [2.05, 4.69) is 25.8 Å². The van der Waals surface area contributed by atoms with Crippen molar-refractivity contribution in [1.29, 1.82) is 0 Å². The Labute approximate surface area is 70.5 Å². The van der Waals surface area contributed by atoms with Crippen LogP contribution < -0.4 is 4.98 Å². The highest BCUT2D eigenvalue weighted by Crippen LogP contribution is 2.48. The van der Waals surface area contributed by atoms with E-state index in [0.717, 1.165) is 17.6 Å². The number of nitrogens with one attached hydrogen (secondary N) is 1. The minimum atomic E-state index is -1.47. The summed E-state index contributed by atoms with van der Waals surface area (Å²) in [5, 5.41) is 0. The molecule has 0 aromatic rings. The first-order valence-corrected chi connectivity index (χ1v) is 6.53. The van der Waals surface area contributed by atoms with E-state index in [1.807, 2.05) is 7.11 Å². The van der Waals surface area contributed by atoms with Crippen LogP contribution in [0.5, 0.6) is 0 Å². The van der Waals surface area contributed by atoms with E-state index in [4.69, 9.17) is 4.43 Å². The Morgan fingerprint density at radius 2 is 2.00 bits per heavy atom. The average molecular weight is 173 g/mol. The van der Waals surface area contributed by atoms with Gasteiger partial charge in [0.05, 0.1) is 0 Å². The van der Waals surface area contributed by atoms with Crippen LogP contribution in [0, 0.1) is 0 Å². The monoisotopic (exact) mass is 173 g/mol. The maximum absolute atomic E-state index is 5.67. The summed E-state index contributed by atoms with van der Waals surface area (Å²) in [6, 6.07) is 0. The van der Waals surface area contributed by atoms with Gasteiger partial charge in [0.1, 0.15) is 0 Å². The molecule has 0 saturated carbocycles. The second-order valence-electron chi connectivity index (χ2n) is 3.57. The zero-order chi connectivity index (χ0) is 8.48. The van der Waals surface area contributed by atoms with Gasteiger partial charge in [0, 0.05) is 7.11 Å². The van der Waals surface area contributed by atoms with Crippen molar-refractivity contribution < 1.29 is 4.43 Å². The van der Waals surface area contributed by atoms with Crippen LogP contribution in [-0.4, -0.2) is 22.1 Å². The van der Waals surface area contributed by atoms with Gasteiger partial charge in [0.25, 0.3) is 8.48 Å². The molecular formula is C8H19NOSi. The molecule has 0 aromatic heterocycles. The molecule has 1 saturated heterocycles. The normalized spacial score (nSPS) is 43.6. The molecule has 0 radical (unpaired) electrons. The summed E-state index contributed by atoms with van der Waals surface area (Å²) in [5.41, 5.74) is 1.59. The van der Waals surface area contributed by atoms with Crippen molar-refractivity contribution in [2.75, 3.05) is 13.7 Å². The van der Waals surface area contributed by atoms with E-state index in [-0.39, 0.29) is 0 Å². The number of rotatable bonds is 3. The van der Waals surface area contributed by atoms with Crippen LogP contribution in [0.15, 0.2) is 0 Å². The lowest BCUT2D eigenvalue weighted by atomic mass is 10.2. The maximum Gasteiger partial charge on any atom is 0.274 e. The standard InChI is InChI=1S/C8H19NOSi/c1-5-9-11(10-4)7(2)6-8(11)3/h7-9H,5-6H2,1-4H3. The third kappa shape index (κ3) is 1.25. The highest BCUT2D eigenvalue weighted by molar-refractivity contribution is 6.77. The first-order valence-electron chi connectivity index (χ1n) is 4.47. The zero-order valence-electron chi connectivity index (χ0n) is 7.98. The van der Waals surface area contributed by atoms with Gasteiger partial charge in [-0.05, 0) is 24.0 Å². The maximum atomic E-state index is 5.67. The van der Waals surface area contributed by atoms with E-state index < -0.39 is 8.48 Å². The van der Waals surface area contributed by atoms with E-state index >= 15 is 0 Å². The molecule has 2 unspecified atom stereocenters. The van der Waals surface area contributed by atoms with Crippen molar-refractivity contribution in [2.24, 2.45) is 0 Å². The molecule has 2 nitrogen and oxygen atoms in total. The van der Waals surface area contributed by atoms with Crippen LogP contribution in [-0.2, 0) is 4.43 Å². The zero-order valence-corrected chi connectivity index (χ0v) is 8.98. The molecule has 0 spiro atoms. The minimum absolute atomic E-state index is 0.794. The van der Waals surface area contributed by atoms with Gasteiger partial charge in [-0.15, -0.1) is 0 Å². The summed E-state index contributed by atoms with van der Waals surface area (Å²) in [6.45, 7) is 7.82. The molecule has 11 heavy (non-hydrogen) atoms. The van der Waals surface area contributed by atoms with Crippen LogP contribution in [0.4, 0.5) is 0 Å². The Morgan fingerprint density at radius 1 is 1.45 bits per heavy atom. The fourth-order valence-electron chi connectivity index (χ4n) is 2.30. The summed E-state index contributed by atoms with van der Waals surface area (Å²) in [6.07, 6.45) is 1.34. The van der Waals surface area contributed by atoms with Crippen molar-refractivity contribution in [3.63, 3.8) is 0 Å². The van der Waals surface area contributed by atoms with E-state index in [1.165, 1.54) is 6.42 Å². The molecule has 0 bridgehead atoms. The predicted molar refractivity (Wildman–Crippen MR) is 49.9 cm³/mol. The molecule has 0 amide bonds. The number of hydrogen-bond acceptors (Lipinski definition) is 2. The van der Waals surface area contributed by atoms with Crippen LogP contribution >= 0.6 is 0 Å². The molecule has 1 aliphatic rings. The first kappa shape index (κ1) is 9.23. The fraction of sp³-hybridized carbons (Fsp3) is 1.00. The molecule has 1 rings (SSSR count). The SMILES string of the molecule is CCN[Si]1(OC)C(C)CC1C. The second kappa shape index (κ2) is 3.25. The number of hydrogen-bond donors (Lipinski definition) is 1. The summed E-state index contributed by atoms with van der Waals surface area (Å²) in [5.74, 6) is 0. The molecule has 66 valence electrons. The van der Waals surface area contributed by atoms with Crippen LogP contribution in [0.1, 0.15) is 27.2 Å². The molecule has 1 fully saturated rings. The molecule has 1 heterocycles. The predicted octanol–water partition coefficient (Wildman–Crippen LogP) is 1.87. The van der Waals surface area contributed by atoms with Crippen molar-refractivity contribution in [1.82, 2.24) is 4.98 Å². The molecule has 2 atom stereocenters. The third-order valence-corrected chi connectivity index (χ3v) is 7.94. The van der Waals surface area contributed by atoms with Crippen molar-refractivity contribution in [2.45, 2.75) is 38.3 Å². The Morgan fingerprint density at radius 3 is 2.18 bits per heavy atom. The van der Waals surface area contributed by atoms with Gasteiger partial charge in [0.2, 0.25) is 0 Å². The largest absolute Gasteiger partial charge is 0.406 e. The summed E-state index contributed by atoms with van der Waals surface area (Å²) < 4.78 is 5.67. The summed E-state index contributed by atoms with van der Waals surface area (Å²) in [4.78, 5) is 3.56.